The van der Waals surface area contributed by atoms with Gasteiger partial charge in [0.15, 0.2) is 0 Å². The van der Waals surface area contributed by atoms with Crippen LogP contribution in [0.2, 0.25) is 0 Å². The quantitative estimate of drug-likeness (QED) is 0.378. The van der Waals surface area contributed by atoms with Gasteiger partial charge in [0.1, 0.15) is 12.3 Å². The molecule has 0 bridgehead atoms. The SMILES string of the molecule is COc1ccc(-c2nnn(CC(=O)Nc3ccc(S(=O)(=O)NCc4ccccc4)cc3)n2)cc1. The molecule has 34 heavy (non-hydrogen) atoms. The predicted molar refractivity (Wildman–Crippen MR) is 125 cm³/mol. The Labute approximate surface area is 196 Å². The molecular weight excluding hydrogens is 456 g/mol. The van der Waals surface area contributed by atoms with Crippen molar-refractivity contribution >= 4 is 21.6 Å². The van der Waals surface area contributed by atoms with E-state index in [9.17, 15) is 13.2 Å². The van der Waals surface area contributed by atoms with Gasteiger partial charge in [-0.05, 0) is 59.3 Å². The van der Waals surface area contributed by atoms with Crippen molar-refractivity contribution in [1.29, 1.82) is 0 Å². The van der Waals surface area contributed by atoms with Crippen molar-refractivity contribution in [2.75, 3.05) is 12.4 Å². The summed E-state index contributed by atoms with van der Waals surface area (Å²) in [6.45, 7) is 0.0346. The number of nitrogens with zero attached hydrogens (tertiary/aromatic N) is 4. The van der Waals surface area contributed by atoms with Gasteiger partial charge in [-0.3, -0.25) is 4.79 Å². The second kappa shape index (κ2) is 10.2. The highest BCUT2D eigenvalue weighted by Gasteiger charge is 2.14. The second-order valence-corrected chi connectivity index (χ2v) is 9.02. The number of tetrazole rings is 1. The molecule has 174 valence electrons. The predicted octanol–water partition coefficient (Wildman–Crippen LogP) is 2.47. The molecular formula is C23H22N6O4S. The molecule has 1 aromatic heterocycles. The molecule has 0 atom stereocenters. The van der Waals surface area contributed by atoms with Crippen molar-refractivity contribution in [3.05, 3.63) is 84.4 Å². The van der Waals surface area contributed by atoms with Crippen molar-refractivity contribution in [2.24, 2.45) is 0 Å². The van der Waals surface area contributed by atoms with Gasteiger partial charge in [-0.25, -0.2) is 13.1 Å². The van der Waals surface area contributed by atoms with Crippen LogP contribution in [0.3, 0.4) is 0 Å². The van der Waals surface area contributed by atoms with E-state index in [2.05, 4.69) is 25.4 Å². The molecule has 2 N–H and O–H groups in total. The summed E-state index contributed by atoms with van der Waals surface area (Å²) < 4.78 is 32.7. The van der Waals surface area contributed by atoms with Gasteiger partial charge >= 0.3 is 0 Å². The number of methoxy groups -OCH3 is 1. The van der Waals surface area contributed by atoms with Crippen LogP contribution in [0.5, 0.6) is 5.75 Å². The average molecular weight is 479 g/mol. The fourth-order valence-corrected chi connectivity index (χ4v) is 4.09. The van der Waals surface area contributed by atoms with E-state index in [0.29, 0.717) is 17.3 Å². The third-order valence-corrected chi connectivity index (χ3v) is 6.26. The van der Waals surface area contributed by atoms with Gasteiger partial charge in [-0.2, -0.15) is 4.80 Å². The number of carbonyl (C=O) groups is 1. The summed E-state index contributed by atoms with van der Waals surface area (Å²) in [4.78, 5) is 13.6. The molecule has 10 nitrogen and oxygen atoms in total. The Balaban J connectivity index is 1.33. The number of aromatic nitrogens is 4. The maximum absolute atomic E-state index is 12.5. The fraction of sp³-hybridized carbons (Fsp3) is 0.130. The Hall–Kier alpha value is -4.09. The lowest BCUT2D eigenvalue weighted by atomic mass is 10.2. The van der Waals surface area contributed by atoms with Crippen LogP contribution in [0.15, 0.2) is 83.8 Å². The van der Waals surface area contributed by atoms with Crippen LogP contribution < -0.4 is 14.8 Å². The van der Waals surface area contributed by atoms with Crippen LogP contribution in [-0.2, 0) is 27.9 Å². The maximum atomic E-state index is 12.5. The molecule has 0 radical (unpaired) electrons. The Morgan fingerprint density at radius 1 is 0.971 bits per heavy atom. The molecule has 4 rings (SSSR count). The van der Waals surface area contributed by atoms with E-state index in [1.165, 1.54) is 29.1 Å². The van der Waals surface area contributed by atoms with Crippen molar-refractivity contribution in [1.82, 2.24) is 24.9 Å². The summed E-state index contributed by atoms with van der Waals surface area (Å²) in [5.41, 5.74) is 2.04. The minimum atomic E-state index is -3.68. The molecule has 4 aromatic rings. The largest absolute Gasteiger partial charge is 0.497 e. The molecule has 0 saturated carbocycles. The summed E-state index contributed by atoms with van der Waals surface area (Å²) in [7, 11) is -2.10. The second-order valence-electron chi connectivity index (χ2n) is 7.25. The van der Waals surface area contributed by atoms with Crippen LogP contribution in [0, 0.1) is 0 Å². The normalized spacial score (nSPS) is 11.2. The number of hydrogen-bond acceptors (Lipinski definition) is 7. The molecule has 11 heteroatoms. The molecule has 0 saturated heterocycles. The number of carbonyl (C=O) groups excluding carboxylic acids is 1. The monoisotopic (exact) mass is 478 g/mol. The summed E-state index contributed by atoms with van der Waals surface area (Å²) in [5.74, 6) is 0.714. The highest BCUT2D eigenvalue weighted by Crippen LogP contribution is 2.18. The van der Waals surface area contributed by atoms with E-state index in [1.807, 2.05) is 30.3 Å². The van der Waals surface area contributed by atoms with Crippen LogP contribution in [-0.4, -0.2) is 41.6 Å². The first-order valence-corrected chi connectivity index (χ1v) is 11.8. The van der Waals surface area contributed by atoms with Gasteiger partial charge in [0, 0.05) is 17.8 Å². The van der Waals surface area contributed by atoms with Gasteiger partial charge in [0.2, 0.25) is 21.8 Å². The van der Waals surface area contributed by atoms with E-state index in [4.69, 9.17) is 4.74 Å². The Kier molecular flexibility index (Phi) is 6.95. The maximum Gasteiger partial charge on any atom is 0.248 e. The number of amides is 1. The Morgan fingerprint density at radius 2 is 1.68 bits per heavy atom. The number of benzene rings is 3. The number of anilines is 1. The van der Waals surface area contributed by atoms with Gasteiger partial charge in [-0.15, -0.1) is 10.2 Å². The highest BCUT2D eigenvalue weighted by atomic mass is 32.2. The third-order valence-electron chi connectivity index (χ3n) is 4.84. The zero-order chi connectivity index (χ0) is 24.0. The minimum absolute atomic E-state index is 0.100. The van der Waals surface area contributed by atoms with Gasteiger partial charge in [0.25, 0.3) is 0 Å². The number of hydrogen-bond donors (Lipinski definition) is 2. The lowest BCUT2D eigenvalue weighted by molar-refractivity contribution is -0.117. The zero-order valence-corrected chi connectivity index (χ0v) is 19.1. The fourth-order valence-electron chi connectivity index (χ4n) is 3.07. The average Bonchev–Trinajstić information content (AvgIpc) is 3.32. The van der Waals surface area contributed by atoms with Crippen molar-refractivity contribution in [3.63, 3.8) is 0 Å². The van der Waals surface area contributed by atoms with Crippen LogP contribution in [0.25, 0.3) is 11.4 Å². The number of sulfonamides is 1. The summed E-state index contributed by atoms with van der Waals surface area (Å²) in [6.07, 6.45) is 0. The Bertz CT molecular complexity index is 1350. The van der Waals surface area contributed by atoms with Gasteiger partial charge in [0.05, 0.1) is 12.0 Å². The Morgan fingerprint density at radius 3 is 2.35 bits per heavy atom. The van der Waals surface area contributed by atoms with E-state index in [0.717, 1.165) is 11.1 Å². The summed E-state index contributed by atoms with van der Waals surface area (Å²) in [6, 6.07) is 22.3. The van der Waals surface area contributed by atoms with Gasteiger partial charge in [-0.1, -0.05) is 30.3 Å². The summed E-state index contributed by atoms with van der Waals surface area (Å²) in [5, 5.41) is 14.8. The first-order chi connectivity index (χ1) is 16.4. The van der Waals surface area contributed by atoms with Crippen molar-refractivity contribution in [3.8, 4) is 17.1 Å². The molecule has 0 spiro atoms. The number of ether oxygens (including phenoxy) is 1. The lowest BCUT2D eigenvalue weighted by Gasteiger charge is -2.09. The molecule has 0 aliphatic rings. The first-order valence-electron chi connectivity index (χ1n) is 10.3. The van der Waals surface area contributed by atoms with Crippen molar-refractivity contribution in [2.45, 2.75) is 18.0 Å². The van der Waals surface area contributed by atoms with E-state index < -0.39 is 10.0 Å². The van der Waals surface area contributed by atoms with Crippen LogP contribution in [0.1, 0.15) is 5.56 Å². The highest BCUT2D eigenvalue weighted by molar-refractivity contribution is 7.89. The van der Waals surface area contributed by atoms with E-state index in [1.54, 1.807) is 31.4 Å². The van der Waals surface area contributed by atoms with E-state index in [-0.39, 0.29) is 23.9 Å². The first kappa shape index (κ1) is 23.1. The standard InChI is InChI=1S/C23H22N6O4S/c1-33-20-11-7-18(8-12-20)23-26-28-29(27-23)16-22(30)25-19-9-13-21(14-10-19)34(31,32)24-15-17-5-3-2-4-6-17/h2-14,24H,15-16H2,1H3,(H,25,30). The van der Waals surface area contributed by atoms with Crippen LogP contribution in [0.4, 0.5) is 5.69 Å². The summed E-state index contributed by atoms with van der Waals surface area (Å²) >= 11 is 0. The zero-order valence-electron chi connectivity index (χ0n) is 18.2. The smallest absolute Gasteiger partial charge is 0.248 e. The van der Waals surface area contributed by atoms with Gasteiger partial charge < -0.3 is 10.1 Å². The topological polar surface area (TPSA) is 128 Å². The van der Waals surface area contributed by atoms with Crippen LogP contribution >= 0.6 is 0 Å². The molecule has 3 aromatic carbocycles. The molecule has 1 amide bonds. The van der Waals surface area contributed by atoms with E-state index >= 15 is 0 Å². The number of rotatable bonds is 9. The molecule has 0 unspecified atom stereocenters. The third kappa shape index (κ3) is 5.82. The molecule has 0 aliphatic carbocycles. The molecule has 0 fully saturated rings. The molecule has 0 aliphatic heterocycles. The number of nitrogens with one attached hydrogen (secondary N) is 2. The van der Waals surface area contributed by atoms with Crippen molar-refractivity contribution < 1.29 is 17.9 Å². The minimum Gasteiger partial charge on any atom is -0.497 e. The molecule has 1 heterocycles. The lowest BCUT2D eigenvalue weighted by Crippen LogP contribution is -2.23.